The Hall–Kier alpha value is -1.21. The third kappa shape index (κ3) is 3.87. The van der Waals surface area contributed by atoms with E-state index in [-0.39, 0.29) is 18.3 Å². The summed E-state index contributed by atoms with van der Waals surface area (Å²) in [5, 5.41) is 6.37. The first-order chi connectivity index (χ1) is 8.49. The topological polar surface area (TPSA) is 72.9 Å². The molecule has 0 saturated heterocycles. The number of nitrogens with one attached hydrogen (secondary N) is 1. The molecule has 2 rings (SSSR count). The van der Waals surface area contributed by atoms with E-state index in [9.17, 15) is 13.6 Å². The Kier molecular flexibility index (Phi) is 5.25. The minimum Gasteiger partial charge on any atom is -0.322 e. The van der Waals surface area contributed by atoms with Gasteiger partial charge in [-0.15, -0.1) is 12.4 Å². The third-order valence-corrected chi connectivity index (χ3v) is 3.16. The second-order valence-electron chi connectivity index (χ2n) is 4.66. The molecule has 1 aliphatic rings. The number of hydrogen-bond donors (Lipinski definition) is 2. The van der Waals surface area contributed by atoms with Crippen LogP contribution in [0.5, 0.6) is 0 Å². The number of amides is 1. The molecule has 1 fully saturated rings. The monoisotopic (exact) mass is 294 g/mol. The zero-order valence-corrected chi connectivity index (χ0v) is 11.1. The maximum atomic E-state index is 12.1. The lowest BCUT2D eigenvalue weighted by molar-refractivity contribution is -0.121. The number of halogens is 3. The van der Waals surface area contributed by atoms with Gasteiger partial charge in [0.2, 0.25) is 5.91 Å². The summed E-state index contributed by atoms with van der Waals surface area (Å²) < 4.78 is 25.4. The normalized spacial score (nSPS) is 17.3. The van der Waals surface area contributed by atoms with Gasteiger partial charge in [-0.1, -0.05) is 12.8 Å². The number of alkyl halides is 2. The van der Waals surface area contributed by atoms with E-state index in [1.54, 1.807) is 0 Å². The lowest BCUT2D eigenvalue weighted by Crippen LogP contribution is -2.48. The van der Waals surface area contributed by atoms with Crippen LogP contribution in [0.2, 0.25) is 0 Å². The lowest BCUT2D eigenvalue weighted by atomic mass is 9.98. The number of carbonyl (C=O) groups is 1. The average molecular weight is 295 g/mol. The van der Waals surface area contributed by atoms with Gasteiger partial charge in [-0.25, -0.2) is 8.78 Å². The second kappa shape index (κ2) is 6.29. The lowest BCUT2D eigenvalue weighted by Gasteiger charge is -2.21. The summed E-state index contributed by atoms with van der Waals surface area (Å²) in [6, 6.07) is 0. The zero-order chi connectivity index (χ0) is 13.2. The highest BCUT2D eigenvalue weighted by atomic mass is 35.5. The van der Waals surface area contributed by atoms with Crippen molar-refractivity contribution in [3.05, 3.63) is 12.4 Å². The highest BCUT2D eigenvalue weighted by Crippen LogP contribution is 2.28. The summed E-state index contributed by atoms with van der Waals surface area (Å²) >= 11 is 0. The fourth-order valence-corrected chi connectivity index (χ4v) is 2.16. The van der Waals surface area contributed by atoms with Crippen LogP contribution in [0, 0.1) is 0 Å². The maximum Gasteiger partial charge on any atom is 0.257 e. The standard InChI is InChI=1S/C11H16F2N4O.ClH/c12-9(13)7-17-6-8(5-15-17)16-10(18)11(14)3-1-2-4-11;/h5-6,9H,1-4,7,14H2,(H,16,18);1H. The number of hydrogen-bond acceptors (Lipinski definition) is 3. The highest BCUT2D eigenvalue weighted by Gasteiger charge is 2.37. The molecule has 0 aliphatic heterocycles. The Labute approximate surface area is 115 Å². The van der Waals surface area contributed by atoms with Gasteiger partial charge in [-0.2, -0.15) is 5.10 Å². The summed E-state index contributed by atoms with van der Waals surface area (Å²) in [5.41, 5.74) is 5.55. The molecule has 0 radical (unpaired) electrons. The molecule has 0 aromatic carbocycles. The third-order valence-electron chi connectivity index (χ3n) is 3.16. The maximum absolute atomic E-state index is 12.1. The molecule has 1 aliphatic carbocycles. The minimum atomic E-state index is -2.47. The van der Waals surface area contributed by atoms with Gasteiger partial charge in [0.1, 0.15) is 6.54 Å². The molecule has 5 nitrogen and oxygen atoms in total. The average Bonchev–Trinajstić information content (AvgIpc) is 2.88. The van der Waals surface area contributed by atoms with Gasteiger partial charge in [0.15, 0.2) is 0 Å². The van der Waals surface area contributed by atoms with Crippen LogP contribution in [0.15, 0.2) is 12.4 Å². The van der Waals surface area contributed by atoms with E-state index >= 15 is 0 Å². The van der Waals surface area contributed by atoms with Crippen LogP contribution in [-0.4, -0.2) is 27.7 Å². The summed E-state index contributed by atoms with van der Waals surface area (Å²) in [5.74, 6) is -0.267. The van der Waals surface area contributed by atoms with Crippen LogP contribution in [0.25, 0.3) is 0 Å². The molecule has 3 N–H and O–H groups in total. The van der Waals surface area contributed by atoms with Crippen LogP contribution < -0.4 is 11.1 Å². The first-order valence-electron chi connectivity index (χ1n) is 5.90. The predicted molar refractivity (Wildman–Crippen MR) is 69.5 cm³/mol. The fourth-order valence-electron chi connectivity index (χ4n) is 2.16. The molecule has 1 aromatic rings. The molecule has 1 saturated carbocycles. The van der Waals surface area contributed by atoms with E-state index < -0.39 is 18.5 Å². The van der Waals surface area contributed by atoms with Crippen molar-refractivity contribution in [3.63, 3.8) is 0 Å². The summed E-state index contributed by atoms with van der Waals surface area (Å²) in [6.45, 7) is -0.483. The van der Waals surface area contributed by atoms with Gasteiger partial charge in [0, 0.05) is 6.20 Å². The van der Waals surface area contributed by atoms with Gasteiger partial charge in [-0.3, -0.25) is 9.48 Å². The van der Waals surface area contributed by atoms with Crippen molar-refractivity contribution in [2.45, 2.75) is 44.2 Å². The molecule has 0 atom stereocenters. The molecule has 108 valence electrons. The molecular formula is C11H17ClF2N4O. The van der Waals surface area contributed by atoms with Crippen LogP contribution in [0.1, 0.15) is 25.7 Å². The van der Waals surface area contributed by atoms with E-state index in [2.05, 4.69) is 10.4 Å². The number of aromatic nitrogens is 2. The van der Waals surface area contributed by atoms with Gasteiger partial charge >= 0.3 is 0 Å². The van der Waals surface area contributed by atoms with Gasteiger partial charge in [-0.05, 0) is 12.8 Å². The van der Waals surface area contributed by atoms with E-state index in [1.165, 1.54) is 12.4 Å². The molecule has 19 heavy (non-hydrogen) atoms. The van der Waals surface area contributed by atoms with Crippen molar-refractivity contribution in [2.24, 2.45) is 5.73 Å². The SMILES string of the molecule is Cl.NC1(C(=O)Nc2cnn(CC(F)F)c2)CCCC1. The van der Waals surface area contributed by atoms with Crippen molar-refractivity contribution in [3.8, 4) is 0 Å². The van der Waals surface area contributed by atoms with Crippen molar-refractivity contribution < 1.29 is 13.6 Å². The molecule has 8 heteroatoms. The first-order valence-corrected chi connectivity index (χ1v) is 5.90. The number of anilines is 1. The summed E-state index contributed by atoms with van der Waals surface area (Å²) in [6.07, 6.45) is 3.45. The van der Waals surface area contributed by atoms with E-state index in [1.807, 2.05) is 0 Å². The molecular weight excluding hydrogens is 278 g/mol. The van der Waals surface area contributed by atoms with Crippen LogP contribution in [-0.2, 0) is 11.3 Å². The Balaban J connectivity index is 0.00000180. The number of rotatable bonds is 4. The van der Waals surface area contributed by atoms with E-state index in [0.29, 0.717) is 18.5 Å². The number of carbonyl (C=O) groups excluding carboxylic acids is 1. The number of nitrogens with two attached hydrogens (primary N) is 1. The summed E-state index contributed by atoms with van der Waals surface area (Å²) in [4.78, 5) is 11.9. The smallest absolute Gasteiger partial charge is 0.257 e. The van der Waals surface area contributed by atoms with Crippen LogP contribution in [0.3, 0.4) is 0 Å². The van der Waals surface area contributed by atoms with Crippen LogP contribution >= 0.6 is 12.4 Å². The Bertz CT molecular complexity index is 432. The highest BCUT2D eigenvalue weighted by molar-refractivity contribution is 5.97. The van der Waals surface area contributed by atoms with E-state index in [0.717, 1.165) is 17.5 Å². The van der Waals surface area contributed by atoms with Gasteiger partial charge in [0.25, 0.3) is 6.43 Å². The largest absolute Gasteiger partial charge is 0.322 e. The molecule has 1 aromatic heterocycles. The summed E-state index contributed by atoms with van der Waals surface area (Å²) in [7, 11) is 0. The molecule has 1 heterocycles. The number of nitrogens with zero attached hydrogens (tertiary/aromatic N) is 2. The fraction of sp³-hybridized carbons (Fsp3) is 0.636. The molecule has 0 bridgehead atoms. The first kappa shape index (κ1) is 15.8. The van der Waals surface area contributed by atoms with Crippen molar-refractivity contribution in [2.75, 3.05) is 5.32 Å². The Morgan fingerprint density at radius 3 is 2.74 bits per heavy atom. The van der Waals surface area contributed by atoms with Gasteiger partial charge < -0.3 is 11.1 Å². The zero-order valence-electron chi connectivity index (χ0n) is 10.3. The van der Waals surface area contributed by atoms with Crippen molar-refractivity contribution in [1.82, 2.24) is 9.78 Å². The predicted octanol–water partition coefficient (Wildman–Crippen LogP) is 1.78. The van der Waals surface area contributed by atoms with Crippen molar-refractivity contribution >= 4 is 24.0 Å². The quantitative estimate of drug-likeness (QED) is 0.889. The second-order valence-corrected chi connectivity index (χ2v) is 4.66. The van der Waals surface area contributed by atoms with Crippen LogP contribution in [0.4, 0.5) is 14.5 Å². The Morgan fingerprint density at radius 1 is 1.53 bits per heavy atom. The van der Waals surface area contributed by atoms with Crippen molar-refractivity contribution in [1.29, 1.82) is 0 Å². The molecule has 0 unspecified atom stereocenters. The minimum absolute atomic E-state index is 0. The van der Waals surface area contributed by atoms with E-state index in [4.69, 9.17) is 5.73 Å². The molecule has 1 amide bonds. The van der Waals surface area contributed by atoms with Gasteiger partial charge in [0.05, 0.1) is 17.4 Å². The Morgan fingerprint density at radius 2 is 2.16 bits per heavy atom. The molecule has 0 spiro atoms.